The Morgan fingerprint density at radius 2 is 2.25 bits per heavy atom. The van der Waals surface area contributed by atoms with Gasteiger partial charge in [-0.3, -0.25) is 9.78 Å². The maximum atomic E-state index is 12.0. The molecule has 0 bridgehead atoms. The molecule has 0 saturated carbocycles. The van der Waals surface area contributed by atoms with Gasteiger partial charge in [-0.2, -0.15) is 0 Å². The number of nitrogens with one attached hydrogen (secondary N) is 1. The molecule has 0 spiro atoms. The first-order valence-electron chi connectivity index (χ1n) is 6.27. The number of nitrogens with zero attached hydrogens (tertiary/aromatic N) is 1. The molecule has 2 rings (SSSR count). The third kappa shape index (κ3) is 2.78. The van der Waals surface area contributed by atoms with Crippen molar-refractivity contribution in [3.8, 4) is 5.75 Å². The van der Waals surface area contributed by atoms with E-state index < -0.39 is 12.0 Å². The van der Waals surface area contributed by atoms with Crippen LogP contribution in [0.4, 0.5) is 0 Å². The number of hydrogen-bond donors (Lipinski definition) is 3. The van der Waals surface area contributed by atoms with Crippen LogP contribution in [0.2, 0.25) is 0 Å². The van der Waals surface area contributed by atoms with Crippen molar-refractivity contribution in [3.05, 3.63) is 23.0 Å². The molecule has 7 nitrogen and oxygen atoms in total. The molecular formula is C13H16N2O5. The summed E-state index contributed by atoms with van der Waals surface area (Å²) in [6.45, 7) is 0.947. The van der Waals surface area contributed by atoms with Crippen LogP contribution in [0, 0.1) is 6.92 Å². The average Bonchev–Trinajstić information content (AvgIpc) is 2.87. The molecule has 1 aromatic heterocycles. The minimum atomic E-state index is -0.675. The van der Waals surface area contributed by atoms with E-state index in [1.807, 2.05) is 0 Å². The third-order valence-electron chi connectivity index (χ3n) is 3.22. The molecule has 0 aromatic carbocycles. The number of ether oxygens (including phenoxy) is 1. The van der Waals surface area contributed by atoms with E-state index in [2.05, 4.69) is 10.3 Å². The van der Waals surface area contributed by atoms with E-state index in [9.17, 15) is 19.8 Å². The molecule has 20 heavy (non-hydrogen) atoms. The smallest absolute Gasteiger partial charge is 0.334 e. The number of aromatic nitrogens is 1. The lowest BCUT2D eigenvalue weighted by molar-refractivity contribution is -0.137. The molecule has 1 atom stereocenters. The van der Waals surface area contributed by atoms with Gasteiger partial charge in [-0.15, -0.1) is 0 Å². The first-order valence-corrected chi connectivity index (χ1v) is 6.27. The zero-order valence-corrected chi connectivity index (χ0v) is 11.0. The highest BCUT2D eigenvalue weighted by molar-refractivity contribution is 5.89. The minimum Gasteiger partial charge on any atom is -0.423 e. The van der Waals surface area contributed by atoms with Crippen molar-refractivity contribution in [2.24, 2.45) is 0 Å². The highest BCUT2D eigenvalue weighted by Crippen LogP contribution is 2.26. The van der Waals surface area contributed by atoms with E-state index in [-0.39, 0.29) is 24.9 Å². The summed E-state index contributed by atoms with van der Waals surface area (Å²) in [5.41, 5.74) is 1.16. The lowest BCUT2D eigenvalue weighted by atomic mass is 10.1. The number of pyridine rings is 1. The van der Waals surface area contributed by atoms with E-state index in [0.29, 0.717) is 29.7 Å². The molecular weight excluding hydrogens is 264 g/mol. The van der Waals surface area contributed by atoms with Crippen LogP contribution in [0.15, 0.2) is 6.20 Å². The second-order valence-electron chi connectivity index (χ2n) is 4.57. The van der Waals surface area contributed by atoms with Crippen molar-refractivity contribution in [2.75, 3.05) is 0 Å². The van der Waals surface area contributed by atoms with Crippen LogP contribution < -0.4 is 10.1 Å². The number of aliphatic hydroxyl groups is 2. The predicted molar refractivity (Wildman–Crippen MR) is 67.6 cm³/mol. The average molecular weight is 280 g/mol. The molecule has 0 radical (unpaired) electrons. The van der Waals surface area contributed by atoms with Gasteiger partial charge < -0.3 is 20.3 Å². The maximum Gasteiger partial charge on any atom is 0.334 e. The topological polar surface area (TPSA) is 109 Å². The van der Waals surface area contributed by atoms with Crippen molar-refractivity contribution < 1.29 is 24.5 Å². The Hall–Kier alpha value is -1.99. The maximum absolute atomic E-state index is 12.0. The molecule has 1 saturated heterocycles. The summed E-state index contributed by atoms with van der Waals surface area (Å²) >= 11 is 0. The van der Waals surface area contributed by atoms with E-state index in [1.165, 1.54) is 6.20 Å². The zero-order valence-electron chi connectivity index (χ0n) is 11.0. The Morgan fingerprint density at radius 3 is 2.80 bits per heavy atom. The SMILES string of the molecule is Cc1ncc(CO)c(CO)c1OC(=O)[C@@H]1CCC(=O)N1. The minimum absolute atomic E-state index is 0.144. The Balaban J connectivity index is 2.24. The van der Waals surface area contributed by atoms with Crippen LogP contribution in [0.3, 0.4) is 0 Å². The largest absolute Gasteiger partial charge is 0.423 e. The Bertz CT molecular complexity index is 544. The number of aliphatic hydroxyl groups excluding tert-OH is 2. The highest BCUT2D eigenvalue weighted by atomic mass is 16.5. The van der Waals surface area contributed by atoms with Gasteiger partial charge in [-0.05, 0) is 13.3 Å². The molecule has 1 aliphatic heterocycles. The number of rotatable bonds is 4. The fourth-order valence-electron chi connectivity index (χ4n) is 2.08. The summed E-state index contributed by atoms with van der Waals surface area (Å²) < 4.78 is 5.25. The normalized spacial score (nSPS) is 17.9. The van der Waals surface area contributed by atoms with E-state index in [0.717, 1.165) is 0 Å². The molecule has 108 valence electrons. The highest BCUT2D eigenvalue weighted by Gasteiger charge is 2.30. The molecule has 1 aromatic rings. The Morgan fingerprint density at radius 1 is 1.50 bits per heavy atom. The second-order valence-corrected chi connectivity index (χ2v) is 4.57. The monoisotopic (exact) mass is 280 g/mol. The molecule has 1 fully saturated rings. The summed E-state index contributed by atoms with van der Waals surface area (Å²) in [5, 5.41) is 21.1. The summed E-state index contributed by atoms with van der Waals surface area (Å²) in [6, 6.07) is -0.675. The van der Waals surface area contributed by atoms with Crippen LogP contribution in [0.25, 0.3) is 0 Å². The second kappa shape index (κ2) is 5.98. The lowest BCUT2D eigenvalue weighted by Gasteiger charge is -2.15. The predicted octanol–water partition coefficient (Wildman–Crippen LogP) is -0.441. The summed E-state index contributed by atoms with van der Waals surface area (Å²) in [5.74, 6) is -0.635. The van der Waals surface area contributed by atoms with Gasteiger partial charge in [0.15, 0.2) is 5.75 Å². The number of esters is 1. The summed E-state index contributed by atoms with van der Waals surface area (Å²) in [4.78, 5) is 27.1. The van der Waals surface area contributed by atoms with Crippen LogP contribution >= 0.6 is 0 Å². The van der Waals surface area contributed by atoms with Crippen molar-refractivity contribution in [3.63, 3.8) is 0 Å². The number of aryl methyl sites for hydroxylation is 1. The van der Waals surface area contributed by atoms with Gasteiger partial charge in [-0.1, -0.05) is 0 Å². The van der Waals surface area contributed by atoms with Gasteiger partial charge in [0.1, 0.15) is 6.04 Å². The Kier molecular flexibility index (Phi) is 4.31. The van der Waals surface area contributed by atoms with E-state index in [1.54, 1.807) is 6.92 Å². The van der Waals surface area contributed by atoms with Crippen LogP contribution in [-0.2, 0) is 22.8 Å². The molecule has 7 heteroatoms. The van der Waals surface area contributed by atoms with Crippen molar-refractivity contribution in [1.82, 2.24) is 10.3 Å². The fraction of sp³-hybridized carbons (Fsp3) is 0.462. The Labute approximate surface area is 115 Å². The number of carbonyl (C=O) groups is 2. The summed E-state index contributed by atoms with van der Waals surface area (Å²) in [6.07, 6.45) is 2.11. The quantitative estimate of drug-likeness (QED) is 0.645. The van der Waals surface area contributed by atoms with Gasteiger partial charge in [0, 0.05) is 23.7 Å². The van der Waals surface area contributed by atoms with Crippen molar-refractivity contribution in [1.29, 1.82) is 0 Å². The molecule has 1 amide bonds. The number of amides is 1. The van der Waals surface area contributed by atoms with Gasteiger partial charge in [0.05, 0.1) is 18.9 Å². The van der Waals surface area contributed by atoms with Gasteiger partial charge in [0.25, 0.3) is 0 Å². The van der Waals surface area contributed by atoms with Gasteiger partial charge >= 0.3 is 5.97 Å². The molecule has 2 heterocycles. The molecule has 0 aliphatic carbocycles. The number of hydrogen-bond acceptors (Lipinski definition) is 6. The molecule has 3 N–H and O–H groups in total. The van der Waals surface area contributed by atoms with Crippen LogP contribution in [0.5, 0.6) is 5.75 Å². The lowest BCUT2D eigenvalue weighted by Crippen LogP contribution is -2.36. The van der Waals surface area contributed by atoms with Crippen molar-refractivity contribution >= 4 is 11.9 Å². The van der Waals surface area contributed by atoms with E-state index in [4.69, 9.17) is 4.74 Å². The number of carbonyl (C=O) groups excluding carboxylic acids is 2. The third-order valence-corrected chi connectivity index (χ3v) is 3.22. The van der Waals surface area contributed by atoms with Gasteiger partial charge in [0.2, 0.25) is 5.91 Å². The first kappa shape index (κ1) is 14.4. The molecule has 0 unspecified atom stereocenters. The molecule has 1 aliphatic rings. The van der Waals surface area contributed by atoms with Gasteiger partial charge in [-0.25, -0.2) is 4.79 Å². The van der Waals surface area contributed by atoms with Crippen LogP contribution in [-0.4, -0.2) is 33.1 Å². The fourth-order valence-corrected chi connectivity index (χ4v) is 2.08. The van der Waals surface area contributed by atoms with E-state index >= 15 is 0 Å². The standard InChI is InChI=1S/C13H16N2O5/c1-7-12(9(6-17)8(5-16)4-14-7)20-13(19)10-2-3-11(18)15-10/h4,10,16-17H,2-3,5-6H2,1H3,(H,15,18)/t10-/m0/s1. The zero-order chi connectivity index (χ0) is 14.7. The summed E-state index contributed by atoms with van der Waals surface area (Å²) in [7, 11) is 0. The first-order chi connectivity index (χ1) is 9.56. The van der Waals surface area contributed by atoms with Crippen LogP contribution in [0.1, 0.15) is 29.7 Å². The van der Waals surface area contributed by atoms with Crippen molar-refractivity contribution in [2.45, 2.75) is 39.0 Å².